The highest BCUT2D eigenvalue weighted by Crippen LogP contribution is 2.34. The average molecular weight is 542 g/mol. The fourth-order valence-corrected chi connectivity index (χ4v) is 5.18. The third kappa shape index (κ3) is 5.59. The molecule has 0 unspecified atom stereocenters. The van der Waals surface area contributed by atoms with Gasteiger partial charge in [0.05, 0.1) is 12.5 Å². The van der Waals surface area contributed by atoms with Crippen LogP contribution >= 0.6 is 0 Å². The number of carbonyl (C=O) groups excluding carboxylic acids is 2. The van der Waals surface area contributed by atoms with Crippen LogP contribution < -0.4 is 15.4 Å². The summed E-state index contributed by atoms with van der Waals surface area (Å²) in [5, 5.41) is 14.5. The van der Waals surface area contributed by atoms with Crippen LogP contribution in [0.2, 0.25) is 0 Å². The molecule has 11 nitrogen and oxygen atoms in total. The lowest BCUT2D eigenvalue weighted by Gasteiger charge is -2.34. The number of aromatic nitrogens is 4. The number of hydrogen-bond donors (Lipinski definition) is 3. The van der Waals surface area contributed by atoms with E-state index in [1.165, 1.54) is 0 Å². The minimum absolute atomic E-state index is 0.0363. The summed E-state index contributed by atoms with van der Waals surface area (Å²) < 4.78 is 11.6. The maximum atomic E-state index is 12.9. The molecular formula is C29H31N7O4. The Bertz CT molecular complexity index is 1510. The molecule has 0 bridgehead atoms. The van der Waals surface area contributed by atoms with Gasteiger partial charge in [-0.2, -0.15) is 5.10 Å². The van der Waals surface area contributed by atoms with E-state index in [0.29, 0.717) is 54.1 Å². The van der Waals surface area contributed by atoms with Gasteiger partial charge in [0.1, 0.15) is 22.7 Å². The van der Waals surface area contributed by atoms with Crippen molar-refractivity contribution in [3.05, 3.63) is 66.0 Å². The van der Waals surface area contributed by atoms with Crippen LogP contribution in [0.4, 0.5) is 11.6 Å². The van der Waals surface area contributed by atoms with Gasteiger partial charge in [-0.25, -0.2) is 9.97 Å². The molecule has 6 rings (SSSR count). The first kappa shape index (κ1) is 25.8. The summed E-state index contributed by atoms with van der Waals surface area (Å²) in [5.74, 6) is 2.16. The van der Waals surface area contributed by atoms with Crippen molar-refractivity contribution in [2.45, 2.75) is 32.2 Å². The Morgan fingerprint density at radius 3 is 2.75 bits per heavy atom. The van der Waals surface area contributed by atoms with Crippen LogP contribution in [-0.4, -0.2) is 69.2 Å². The molecule has 2 aliphatic rings. The number of aromatic amines is 1. The van der Waals surface area contributed by atoms with Gasteiger partial charge in [-0.1, -0.05) is 0 Å². The van der Waals surface area contributed by atoms with Gasteiger partial charge in [0, 0.05) is 49.8 Å². The first-order chi connectivity index (χ1) is 19.5. The van der Waals surface area contributed by atoms with Crippen molar-refractivity contribution in [2.24, 2.45) is 5.92 Å². The molecule has 206 valence electrons. The largest absolute Gasteiger partial charge is 0.456 e. The molecule has 2 amide bonds. The molecule has 40 heavy (non-hydrogen) atoms. The number of carbonyl (C=O) groups is 2. The van der Waals surface area contributed by atoms with E-state index < -0.39 is 0 Å². The number of H-pyrrole nitrogens is 1. The highest BCUT2D eigenvalue weighted by atomic mass is 16.5. The van der Waals surface area contributed by atoms with Crippen molar-refractivity contribution < 1.29 is 19.1 Å². The second-order valence-corrected chi connectivity index (χ2v) is 10.2. The smallest absolute Gasteiger partial charge is 0.256 e. The lowest BCUT2D eigenvalue weighted by molar-refractivity contribution is -0.136. The molecule has 2 atom stereocenters. The van der Waals surface area contributed by atoms with E-state index >= 15 is 0 Å². The van der Waals surface area contributed by atoms with Crippen LogP contribution in [0.15, 0.2) is 54.9 Å². The minimum atomic E-state index is -0.252. The quantitative estimate of drug-likeness (QED) is 0.318. The first-order valence-corrected chi connectivity index (χ1v) is 13.5. The first-order valence-electron chi connectivity index (χ1n) is 13.5. The topological polar surface area (TPSA) is 134 Å². The molecule has 0 spiro atoms. The molecule has 5 heterocycles. The molecule has 0 aliphatic carbocycles. The highest BCUT2D eigenvalue weighted by Gasteiger charge is 2.31. The van der Waals surface area contributed by atoms with Crippen LogP contribution in [0.5, 0.6) is 11.5 Å². The molecule has 0 saturated carbocycles. The van der Waals surface area contributed by atoms with E-state index in [4.69, 9.17) is 9.47 Å². The van der Waals surface area contributed by atoms with Gasteiger partial charge in [-0.15, -0.1) is 0 Å². The number of hydrogen-bond acceptors (Lipinski definition) is 8. The van der Waals surface area contributed by atoms with Gasteiger partial charge in [-0.3, -0.25) is 14.7 Å². The third-order valence-electron chi connectivity index (χ3n) is 7.28. The van der Waals surface area contributed by atoms with Gasteiger partial charge in [0.2, 0.25) is 5.91 Å². The van der Waals surface area contributed by atoms with E-state index in [1.54, 1.807) is 42.7 Å². The molecule has 1 aromatic carbocycles. The number of ether oxygens (including phenoxy) is 2. The molecule has 3 N–H and O–H groups in total. The number of rotatable bonds is 7. The highest BCUT2D eigenvalue weighted by molar-refractivity contribution is 6.03. The Balaban J connectivity index is 1.14. The number of aryl methyl sites for hydroxylation is 1. The van der Waals surface area contributed by atoms with Crippen molar-refractivity contribution in [3.8, 4) is 11.5 Å². The summed E-state index contributed by atoms with van der Waals surface area (Å²) in [6.45, 7) is 4.49. The van der Waals surface area contributed by atoms with E-state index in [9.17, 15) is 9.59 Å². The summed E-state index contributed by atoms with van der Waals surface area (Å²) >= 11 is 0. The number of amides is 2. The van der Waals surface area contributed by atoms with Gasteiger partial charge in [0.25, 0.3) is 5.91 Å². The number of nitrogens with one attached hydrogen (secondary N) is 3. The fraction of sp³-hybridized carbons (Fsp3) is 0.345. The number of fused-ring (bicyclic) bond motifs is 1. The van der Waals surface area contributed by atoms with Crippen LogP contribution in [0.1, 0.15) is 35.2 Å². The van der Waals surface area contributed by atoms with Crippen LogP contribution in [0, 0.1) is 12.8 Å². The maximum absolute atomic E-state index is 12.9. The van der Waals surface area contributed by atoms with Crippen LogP contribution in [0.3, 0.4) is 0 Å². The molecule has 11 heteroatoms. The summed E-state index contributed by atoms with van der Waals surface area (Å²) in [6.07, 6.45) is 5.95. The third-order valence-corrected chi connectivity index (χ3v) is 7.28. The van der Waals surface area contributed by atoms with E-state index in [2.05, 4.69) is 30.8 Å². The summed E-state index contributed by atoms with van der Waals surface area (Å²) in [7, 11) is 0. The lowest BCUT2D eigenvalue weighted by atomic mass is 10.0. The van der Waals surface area contributed by atoms with E-state index in [0.717, 1.165) is 36.8 Å². The van der Waals surface area contributed by atoms with Crippen molar-refractivity contribution in [1.82, 2.24) is 25.1 Å². The number of benzene rings is 1. The van der Waals surface area contributed by atoms with Gasteiger partial charge in [-0.05, 0) is 68.1 Å². The number of nitrogens with zero attached hydrogens (tertiary/aromatic N) is 4. The molecule has 3 aromatic heterocycles. The molecule has 4 aromatic rings. The Morgan fingerprint density at radius 1 is 1.10 bits per heavy atom. The fourth-order valence-electron chi connectivity index (χ4n) is 5.18. The van der Waals surface area contributed by atoms with E-state index in [1.807, 2.05) is 24.0 Å². The SMILES string of the molecule is Cc1ccnc(NC(=O)c2ccc(Oc3ccnc4[nH]nc(N[C@@H]5CCCN(C(=O)[C@H]6CCOC6)C5)c34)cc2)c1. The minimum Gasteiger partial charge on any atom is -0.456 e. The van der Waals surface area contributed by atoms with Crippen LogP contribution in [0.25, 0.3) is 11.0 Å². The Hall–Kier alpha value is -4.51. The second kappa shape index (κ2) is 11.3. The predicted octanol–water partition coefficient (Wildman–Crippen LogP) is 4.15. The number of likely N-dealkylation sites (tertiary alicyclic amines) is 1. The van der Waals surface area contributed by atoms with Crippen molar-refractivity contribution in [3.63, 3.8) is 0 Å². The number of anilines is 2. The van der Waals surface area contributed by atoms with Crippen molar-refractivity contribution >= 4 is 34.5 Å². The van der Waals surface area contributed by atoms with Crippen molar-refractivity contribution in [2.75, 3.05) is 36.9 Å². The predicted molar refractivity (Wildman–Crippen MR) is 149 cm³/mol. The summed E-state index contributed by atoms with van der Waals surface area (Å²) in [6, 6.07) is 12.4. The average Bonchev–Trinajstić information content (AvgIpc) is 3.65. The molecule has 2 fully saturated rings. The number of piperidine rings is 1. The number of pyridine rings is 2. The molecular weight excluding hydrogens is 510 g/mol. The monoisotopic (exact) mass is 541 g/mol. The lowest BCUT2D eigenvalue weighted by Crippen LogP contribution is -2.47. The van der Waals surface area contributed by atoms with Crippen molar-refractivity contribution in [1.29, 1.82) is 0 Å². The normalized spacial score (nSPS) is 19.0. The van der Waals surface area contributed by atoms with E-state index in [-0.39, 0.29) is 23.8 Å². The Morgan fingerprint density at radius 2 is 1.95 bits per heavy atom. The summed E-state index contributed by atoms with van der Waals surface area (Å²) in [4.78, 5) is 36.1. The zero-order valence-corrected chi connectivity index (χ0v) is 22.2. The second-order valence-electron chi connectivity index (χ2n) is 10.2. The maximum Gasteiger partial charge on any atom is 0.256 e. The zero-order valence-electron chi connectivity index (χ0n) is 22.2. The van der Waals surface area contributed by atoms with Gasteiger partial charge < -0.3 is 25.0 Å². The zero-order chi connectivity index (χ0) is 27.5. The Kier molecular flexibility index (Phi) is 7.28. The molecule has 0 radical (unpaired) electrons. The molecule has 2 saturated heterocycles. The summed E-state index contributed by atoms with van der Waals surface area (Å²) in [5.41, 5.74) is 2.09. The van der Waals surface area contributed by atoms with Gasteiger partial charge in [0.15, 0.2) is 11.5 Å². The Labute approximate surface area is 231 Å². The molecule has 2 aliphatic heterocycles. The van der Waals surface area contributed by atoms with Crippen LogP contribution in [-0.2, 0) is 9.53 Å². The standard InChI is InChI=1S/C29H31N7O4/c1-18-8-11-30-24(15-18)33-28(37)19-4-6-22(7-5-19)40-23-9-12-31-26-25(23)27(35-34-26)32-21-3-2-13-36(16-21)29(38)20-10-14-39-17-20/h4-9,11-12,15,20-21H,2-3,10,13-14,16-17H2,1H3,(H,30,33,37)(H2,31,32,34,35)/t20-,21+/m0/s1. The van der Waals surface area contributed by atoms with Gasteiger partial charge >= 0.3 is 0 Å².